The van der Waals surface area contributed by atoms with Gasteiger partial charge in [0.15, 0.2) is 24.3 Å². The van der Waals surface area contributed by atoms with E-state index in [4.69, 9.17) is 29.4 Å². The van der Waals surface area contributed by atoms with E-state index in [1.165, 1.54) is 13.0 Å². The van der Waals surface area contributed by atoms with Gasteiger partial charge in [-0.3, -0.25) is 29.3 Å². The lowest BCUT2D eigenvalue weighted by atomic mass is 9.92. The lowest BCUT2D eigenvalue weighted by Crippen LogP contribution is -2.61. The van der Waals surface area contributed by atoms with Crippen LogP contribution >= 0.6 is 0 Å². The Morgan fingerprint density at radius 3 is 2.14 bits per heavy atom. The van der Waals surface area contributed by atoms with E-state index in [0.717, 1.165) is 20.8 Å². The first kappa shape index (κ1) is 33.3. The van der Waals surface area contributed by atoms with Crippen LogP contribution < -0.4 is 16.4 Å². The number of nitrogens with one attached hydrogen (secondary N) is 2. The van der Waals surface area contributed by atoms with Crippen molar-refractivity contribution in [2.24, 2.45) is 10.7 Å². The van der Waals surface area contributed by atoms with E-state index in [-0.39, 0.29) is 18.1 Å². The van der Waals surface area contributed by atoms with Gasteiger partial charge >= 0.3 is 23.9 Å². The summed E-state index contributed by atoms with van der Waals surface area (Å²) in [7, 11) is 0. The molecule has 0 fully saturated rings. The van der Waals surface area contributed by atoms with Gasteiger partial charge in [-0.2, -0.15) is 0 Å². The molecular formula is C27H34N4O11. The van der Waals surface area contributed by atoms with Crippen LogP contribution in [0.25, 0.3) is 0 Å². The molecule has 42 heavy (non-hydrogen) atoms. The molecule has 0 unspecified atom stereocenters. The maximum absolute atomic E-state index is 12.8. The van der Waals surface area contributed by atoms with Gasteiger partial charge in [0.1, 0.15) is 6.61 Å². The van der Waals surface area contributed by atoms with Crippen molar-refractivity contribution in [1.29, 1.82) is 0 Å². The third-order valence-corrected chi connectivity index (χ3v) is 5.48. The van der Waals surface area contributed by atoms with Crippen molar-refractivity contribution in [3.63, 3.8) is 0 Å². The lowest BCUT2D eigenvalue weighted by molar-refractivity contribution is -0.188. The van der Waals surface area contributed by atoms with Crippen LogP contribution in [0.1, 0.15) is 45.0 Å². The maximum Gasteiger partial charge on any atom is 0.373 e. The van der Waals surface area contributed by atoms with E-state index in [0.29, 0.717) is 0 Å². The number of nitrogens with zero attached hydrogens (tertiary/aromatic N) is 1. The quantitative estimate of drug-likeness (QED) is 0.133. The third-order valence-electron chi connectivity index (χ3n) is 5.48. The number of nitrogens with two attached hydrogens (primary N) is 1. The first-order valence-electron chi connectivity index (χ1n) is 12.8. The van der Waals surface area contributed by atoms with Crippen LogP contribution in [0, 0.1) is 0 Å². The Bertz CT molecular complexity index is 1230. The standard InChI is InChI=1S/C27H34N4O11/c1-6-38-26(37)20-12-19(30-27(28)31-25(36)18-10-8-7-9-11-18)22(29-14(2)32)24(42-20)23(41-17(5)35)21(40-16(4)34)13-39-15(3)33/h7-12,19,21-24H,6,13H2,1-5H3,(H,29,32)(H3,28,30,31,36)/t19-,21+,22+,23+,24+/m0/s1. The zero-order chi connectivity index (χ0) is 31.4. The molecule has 4 N–H and O–H groups in total. The molecule has 228 valence electrons. The summed E-state index contributed by atoms with van der Waals surface area (Å²) in [6, 6.07) is 5.68. The highest BCUT2D eigenvalue weighted by Gasteiger charge is 2.48. The zero-order valence-electron chi connectivity index (χ0n) is 23.8. The summed E-state index contributed by atoms with van der Waals surface area (Å²) in [6.45, 7) is 5.40. The molecule has 15 heteroatoms. The van der Waals surface area contributed by atoms with E-state index in [2.05, 4.69) is 15.6 Å². The van der Waals surface area contributed by atoms with Crippen LogP contribution in [0.2, 0.25) is 0 Å². The van der Waals surface area contributed by atoms with Crippen molar-refractivity contribution >= 4 is 41.7 Å². The molecule has 0 saturated heterocycles. The SMILES string of the molecule is CCOC(=O)C1=C[C@H](N=C(N)NC(=O)c2ccccc2)[C@@H](NC(C)=O)[C@H]([C@H](OC(C)=O)[C@@H](COC(C)=O)OC(C)=O)O1. The van der Waals surface area contributed by atoms with Crippen LogP contribution in [-0.4, -0.2) is 85.3 Å². The van der Waals surface area contributed by atoms with E-state index >= 15 is 0 Å². The number of carbonyl (C=O) groups is 6. The van der Waals surface area contributed by atoms with Crippen LogP contribution in [0.15, 0.2) is 47.2 Å². The molecule has 1 aliphatic heterocycles. The monoisotopic (exact) mass is 590 g/mol. The molecule has 0 saturated carbocycles. The van der Waals surface area contributed by atoms with Crippen LogP contribution in [0.4, 0.5) is 0 Å². The number of guanidine groups is 1. The molecule has 2 amide bonds. The van der Waals surface area contributed by atoms with Gasteiger partial charge in [0.2, 0.25) is 11.7 Å². The van der Waals surface area contributed by atoms with Crippen molar-refractivity contribution in [2.75, 3.05) is 13.2 Å². The second-order valence-corrected chi connectivity index (χ2v) is 8.91. The fraction of sp³-hybridized carbons (Fsp3) is 0.444. The Balaban J connectivity index is 2.63. The smallest absolute Gasteiger partial charge is 0.373 e. The molecule has 5 atom stereocenters. The average Bonchev–Trinajstić information content (AvgIpc) is 2.90. The number of rotatable bonds is 11. The first-order valence-corrected chi connectivity index (χ1v) is 12.8. The summed E-state index contributed by atoms with van der Waals surface area (Å²) in [5.41, 5.74) is 6.32. The minimum Gasteiger partial charge on any atom is -0.477 e. The highest BCUT2D eigenvalue weighted by Crippen LogP contribution is 2.28. The Morgan fingerprint density at radius 1 is 0.952 bits per heavy atom. The van der Waals surface area contributed by atoms with Gasteiger partial charge in [0, 0.05) is 33.3 Å². The van der Waals surface area contributed by atoms with Crippen molar-refractivity contribution in [3.8, 4) is 0 Å². The second-order valence-electron chi connectivity index (χ2n) is 8.91. The Morgan fingerprint density at radius 2 is 1.60 bits per heavy atom. The van der Waals surface area contributed by atoms with Crippen LogP contribution in [0.3, 0.4) is 0 Å². The van der Waals surface area contributed by atoms with Gasteiger partial charge in [0.05, 0.1) is 18.7 Å². The minimum absolute atomic E-state index is 0.0293. The predicted octanol–water partition coefficient (Wildman–Crippen LogP) is -0.123. The summed E-state index contributed by atoms with van der Waals surface area (Å²) in [5.74, 6) is -5.28. The van der Waals surface area contributed by atoms with Crippen molar-refractivity contribution in [1.82, 2.24) is 10.6 Å². The molecule has 15 nitrogen and oxygen atoms in total. The van der Waals surface area contributed by atoms with Gasteiger partial charge in [-0.25, -0.2) is 9.79 Å². The Kier molecular flexibility index (Phi) is 12.5. The molecule has 2 rings (SSSR count). The lowest BCUT2D eigenvalue weighted by Gasteiger charge is -2.40. The van der Waals surface area contributed by atoms with Gasteiger partial charge in [-0.15, -0.1) is 0 Å². The molecule has 0 bridgehead atoms. The zero-order valence-corrected chi connectivity index (χ0v) is 23.8. The molecule has 0 radical (unpaired) electrons. The van der Waals surface area contributed by atoms with Gasteiger partial charge in [0.25, 0.3) is 5.91 Å². The number of carbonyl (C=O) groups excluding carboxylic acids is 6. The van der Waals surface area contributed by atoms with Gasteiger partial charge < -0.3 is 34.7 Å². The highest BCUT2D eigenvalue weighted by molar-refractivity contribution is 6.05. The molecule has 1 aromatic carbocycles. The second kappa shape index (κ2) is 15.7. The topological polar surface area (TPSA) is 211 Å². The van der Waals surface area contributed by atoms with E-state index in [9.17, 15) is 28.8 Å². The van der Waals surface area contributed by atoms with E-state index in [1.807, 2.05) is 0 Å². The summed E-state index contributed by atoms with van der Waals surface area (Å²) in [6.07, 6.45) is -3.28. The maximum atomic E-state index is 12.8. The number of hydrogen-bond acceptors (Lipinski definition) is 12. The largest absolute Gasteiger partial charge is 0.477 e. The van der Waals surface area contributed by atoms with Crippen molar-refractivity contribution < 1.29 is 52.5 Å². The molecule has 0 spiro atoms. The molecule has 1 aliphatic rings. The molecule has 1 aromatic rings. The average molecular weight is 591 g/mol. The van der Waals surface area contributed by atoms with E-state index in [1.54, 1.807) is 37.3 Å². The van der Waals surface area contributed by atoms with Gasteiger partial charge in [-0.1, -0.05) is 18.2 Å². The minimum atomic E-state index is -1.56. The van der Waals surface area contributed by atoms with Crippen molar-refractivity contribution in [3.05, 3.63) is 47.7 Å². The number of hydrogen-bond donors (Lipinski definition) is 3. The predicted molar refractivity (Wildman–Crippen MR) is 144 cm³/mol. The fourth-order valence-electron chi connectivity index (χ4n) is 3.95. The molecule has 1 heterocycles. The summed E-state index contributed by atoms with van der Waals surface area (Å²) in [4.78, 5) is 77.6. The fourth-order valence-corrected chi connectivity index (χ4v) is 3.95. The number of ether oxygens (including phenoxy) is 5. The van der Waals surface area contributed by atoms with Crippen LogP contribution in [-0.2, 0) is 47.7 Å². The summed E-state index contributed by atoms with van der Waals surface area (Å²) >= 11 is 0. The van der Waals surface area contributed by atoms with Crippen molar-refractivity contribution in [2.45, 2.75) is 65.0 Å². The molecule has 0 aromatic heterocycles. The Hall–Kier alpha value is -4.95. The first-order chi connectivity index (χ1) is 19.8. The normalized spacial score (nSPS) is 19.5. The number of amides is 2. The number of benzene rings is 1. The van der Waals surface area contributed by atoms with Crippen LogP contribution in [0.5, 0.6) is 0 Å². The Labute approximate surface area is 241 Å². The number of aliphatic imine (C=N–C) groups is 1. The van der Waals surface area contributed by atoms with E-state index < -0.39 is 78.5 Å². The highest BCUT2D eigenvalue weighted by atomic mass is 16.6. The third kappa shape index (κ3) is 10.2. The molecule has 0 aliphatic carbocycles. The van der Waals surface area contributed by atoms with Gasteiger partial charge in [-0.05, 0) is 25.1 Å². The summed E-state index contributed by atoms with van der Waals surface area (Å²) in [5, 5.41) is 5.04. The molecular weight excluding hydrogens is 556 g/mol. The number of esters is 4. The summed E-state index contributed by atoms with van der Waals surface area (Å²) < 4.78 is 26.7.